The number of rotatable bonds is 2. The second-order valence-corrected chi connectivity index (χ2v) is 5.49. The van der Waals surface area contributed by atoms with Gasteiger partial charge in [0.05, 0.1) is 24.4 Å². The minimum Gasteiger partial charge on any atom is -0.493 e. The predicted octanol–water partition coefficient (Wildman–Crippen LogP) is 3.55. The van der Waals surface area contributed by atoms with E-state index in [2.05, 4.69) is 10.3 Å². The number of hydrogen-bond donors (Lipinski definition) is 1. The maximum atomic E-state index is 12.6. The van der Waals surface area contributed by atoms with Crippen molar-refractivity contribution >= 4 is 23.2 Å². The van der Waals surface area contributed by atoms with Gasteiger partial charge in [-0.25, -0.2) is 0 Å². The van der Waals surface area contributed by atoms with Gasteiger partial charge in [0, 0.05) is 16.8 Å². The second kappa shape index (κ2) is 5.74. The number of nitrogens with one attached hydrogen (secondary N) is 1. The van der Waals surface area contributed by atoms with Gasteiger partial charge in [0.2, 0.25) is 5.91 Å². The van der Waals surface area contributed by atoms with Crippen molar-refractivity contribution in [2.75, 3.05) is 11.9 Å². The third-order valence-corrected chi connectivity index (χ3v) is 3.86. The third kappa shape index (κ3) is 2.85. The van der Waals surface area contributed by atoms with E-state index >= 15 is 0 Å². The summed E-state index contributed by atoms with van der Waals surface area (Å²) in [6, 6.07) is 7.25. The maximum Gasteiger partial charge on any atom is 0.232 e. The lowest BCUT2D eigenvalue weighted by atomic mass is 9.92. The van der Waals surface area contributed by atoms with E-state index in [9.17, 15) is 4.79 Å². The van der Waals surface area contributed by atoms with Gasteiger partial charge in [0.1, 0.15) is 5.75 Å². The average molecular weight is 303 g/mol. The molecule has 0 saturated carbocycles. The highest BCUT2D eigenvalue weighted by Gasteiger charge is 2.28. The van der Waals surface area contributed by atoms with Gasteiger partial charge >= 0.3 is 0 Å². The SMILES string of the molecule is Cc1ccncc1NC(=O)C1CCOc2ccc(Cl)cc21. The molecule has 21 heavy (non-hydrogen) atoms. The molecule has 4 nitrogen and oxygen atoms in total. The van der Waals surface area contributed by atoms with Crippen molar-refractivity contribution in [3.8, 4) is 5.75 Å². The molecule has 2 heterocycles. The Morgan fingerprint density at radius 1 is 1.43 bits per heavy atom. The van der Waals surface area contributed by atoms with Crippen LogP contribution in [-0.4, -0.2) is 17.5 Å². The molecule has 1 aromatic heterocycles. The number of aromatic nitrogens is 1. The fraction of sp³-hybridized carbons (Fsp3) is 0.250. The molecular formula is C16H15ClN2O2. The molecule has 1 unspecified atom stereocenters. The van der Waals surface area contributed by atoms with Crippen LogP contribution in [0, 0.1) is 6.92 Å². The minimum absolute atomic E-state index is 0.0575. The van der Waals surface area contributed by atoms with Crippen LogP contribution < -0.4 is 10.1 Å². The molecule has 0 radical (unpaired) electrons. The molecule has 2 aromatic rings. The lowest BCUT2D eigenvalue weighted by molar-refractivity contribution is -0.118. The van der Waals surface area contributed by atoms with Crippen LogP contribution in [0.2, 0.25) is 5.02 Å². The molecule has 0 fully saturated rings. The van der Waals surface area contributed by atoms with Gasteiger partial charge in [0.15, 0.2) is 0 Å². The van der Waals surface area contributed by atoms with Crippen molar-refractivity contribution in [3.05, 3.63) is 52.8 Å². The largest absolute Gasteiger partial charge is 0.493 e. The molecule has 1 atom stereocenters. The number of fused-ring (bicyclic) bond motifs is 1. The fourth-order valence-electron chi connectivity index (χ4n) is 2.45. The first-order valence-corrected chi connectivity index (χ1v) is 7.16. The van der Waals surface area contributed by atoms with Crippen molar-refractivity contribution < 1.29 is 9.53 Å². The van der Waals surface area contributed by atoms with Gasteiger partial charge in [-0.3, -0.25) is 9.78 Å². The normalized spacial score (nSPS) is 16.8. The summed E-state index contributed by atoms with van der Waals surface area (Å²) in [5.74, 6) is 0.415. The van der Waals surface area contributed by atoms with Crippen molar-refractivity contribution in [1.29, 1.82) is 0 Å². The van der Waals surface area contributed by atoms with E-state index in [1.54, 1.807) is 24.5 Å². The van der Waals surface area contributed by atoms with Crippen molar-refractivity contribution in [2.24, 2.45) is 0 Å². The Morgan fingerprint density at radius 3 is 3.10 bits per heavy atom. The number of nitrogens with zero attached hydrogens (tertiary/aromatic N) is 1. The summed E-state index contributed by atoms with van der Waals surface area (Å²) in [6.45, 7) is 2.46. The average Bonchev–Trinajstić information content (AvgIpc) is 2.49. The zero-order chi connectivity index (χ0) is 14.8. The summed E-state index contributed by atoms with van der Waals surface area (Å²) >= 11 is 6.03. The molecule has 1 amide bonds. The van der Waals surface area contributed by atoms with Gasteiger partial charge in [-0.05, 0) is 43.2 Å². The number of carbonyl (C=O) groups excluding carboxylic acids is 1. The quantitative estimate of drug-likeness (QED) is 0.923. The van der Waals surface area contributed by atoms with Gasteiger partial charge in [-0.1, -0.05) is 11.6 Å². The van der Waals surface area contributed by atoms with E-state index in [4.69, 9.17) is 16.3 Å². The molecule has 5 heteroatoms. The zero-order valence-corrected chi connectivity index (χ0v) is 12.4. The molecule has 108 valence electrons. The van der Waals surface area contributed by atoms with E-state index in [0.29, 0.717) is 18.1 Å². The molecule has 1 N–H and O–H groups in total. The van der Waals surface area contributed by atoms with Crippen LogP contribution in [0.4, 0.5) is 5.69 Å². The van der Waals surface area contributed by atoms with Crippen LogP contribution in [0.15, 0.2) is 36.7 Å². The summed E-state index contributed by atoms with van der Waals surface area (Å²) in [5, 5.41) is 3.55. The minimum atomic E-state index is -0.257. The fourth-order valence-corrected chi connectivity index (χ4v) is 2.63. The highest BCUT2D eigenvalue weighted by atomic mass is 35.5. The lowest BCUT2D eigenvalue weighted by Crippen LogP contribution is -2.26. The molecule has 0 bridgehead atoms. The van der Waals surface area contributed by atoms with Crippen LogP contribution in [0.25, 0.3) is 0 Å². The Labute approximate surface area is 128 Å². The number of amides is 1. The van der Waals surface area contributed by atoms with E-state index in [1.807, 2.05) is 19.1 Å². The van der Waals surface area contributed by atoms with E-state index in [0.717, 1.165) is 22.6 Å². The lowest BCUT2D eigenvalue weighted by Gasteiger charge is -2.25. The number of hydrogen-bond acceptors (Lipinski definition) is 3. The van der Waals surface area contributed by atoms with Crippen molar-refractivity contribution in [3.63, 3.8) is 0 Å². The summed E-state index contributed by atoms with van der Waals surface area (Å²) in [6.07, 6.45) is 4.00. The zero-order valence-electron chi connectivity index (χ0n) is 11.6. The Bertz CT molecular complexity index is 688. The van der Waals surface area contributed by atoms with Crippen molar-refractivity contribution in [2.45, 2.75) is 19.3 Å². The smallest absolute Gasteiger partial charge is 0.232 e. The molecule has 3 rings (SSSR count). The molecule has 0 aliphatic carbocycles. The van der Waals surface area contributed by atoms with Crippen LogP contribution >= 0.6 is 11.6 Å². The Balaban J connectivity index is 1.87. The number of benzene rings is 1. The van der Waals surface area contributed by atoms with E-state index < -0.39 is 0 Å². The highest BCUT2D eigenvalue weighted by molar-refractivity contribution is 6.30. The maximum absolute atomic E-state index is 12.6. The number of anilines is 1. The Morgan fingerprint density at radius 2 is 2.29 bits per heavy atom. The van der Waals surface area contributed by atoms with E-state index in [1.165, 1.54) is 0 Å². The summed E-state index contributed by atoms with van der Waals surface area (Å²) in [7, 11) is 0. The van der Waals surface area contributed by atoms with Crippen LogP contribution in [0.3, 0.4) is 0 Å². The van der Waals surface area contributed by atoms with Gasteiger partial charge in [-0.15, -0.1) is 0 Å². The third-order valence-electron chi connectivity index (χ3n) is 3.62. The first-order chi connectivity index (χ1) is 10.1. The number of carbonyl (C=O) groups is 1. The second-order valence-electron chi connectivity index (χ2n) is 5.05. The first-order valence-electron chi connectivity index (χ1n) is 6.79. The van der Waals surface area contributed by atoms with E-state index in [-0.39, 0.29) is 11.8 Å². The predicted molar refractivity (Wildman–Crippen MR) is 81.9 cm³/mol. The molecular weight excluding hydrogens is 288 g/mol. The summed E-state index contributed by atoms with van der Waals surface area (Å²) < 4.78 is 5.58. The molecule has 1 aliphatic heterocycles. The Hall–Kier alpha value is -2.07. The van der Waals surface area contributed by atoms with Gasteiger partial charge < -0.3 is 10.1 Å². The molecule has 1 aliphatic rings. The molecule has 1 aromatic carbocycles. The first kappa shape index (κ1) is 13.9. The summed E-state index contributed by atoms with van der Waals surface area (Å²) in [4.78, 5) is 16.6. The van der Waals surface area contributed by atoms with Crippen LogP contribution in [0.5, 0.6) is 5.75 Å². The number of aryl methyl sites for hydroxylation is 1. The number of halogens is 1. The highest BCUT2D eigenvalue weighted by Crippen LogP contribution is 2.36. The van der Waals surface area contributed by atoms with Crippen molar-refractivity contribution in [1.82, 2.24) is 4.98 Å². The van der Waals surface area contributed by atoms with Crippen LogP contribution in [-0.2, 0) is 4.79 Å². The molecule has 0 spiro atoms. The van der Waals surface area contributed by atoms with Gasteiger partial charge in [0.25, 0.3) is 0 Å². The Kier molecular flexibility index (Phi) is 3.80. The van der Waals surface area contributed by atoms with Gasteiger partial charge in [-0.2, -0.15) is 0 Å². The summed E-state index contributed by atoms with van der Waals surface area (Å²) in [5.41, 5.74) is 2.56. The number of pyridine rings is 1. The molecule has 0 saturated heterocycles. The standard InChI is InChI=1S/C16H15ClN2O2/c1-10-4-6-18-9-14(10)19-16(20)12-5-7-21-15-3-2-11(17)8-13(12)15/h2-4,6,8-9,12H,5,7H2,1H3,(H,19,20). The topological polar surface area (TPSA) is 51.2 Å². The number of ether oxygens (including phenoxy) is 1. The monoisotopic (exact) mass is 302 g/mol. The van der Waals surface area contributed by atoms with Crippen LogP contribution in [0.1, 0.15) is 23.5 Å².